The van der Waals surface area contributed by atoms with E-state index >= 15 is 0 Å². The monoisotopic (exact) mass is 269 g/mol. The predicted molar refractivity (Wildman–Crippen MR) is 61.8 cm³/mol. The summed E-state index contributed by atoms with van der Waals surface area (Å²) >= 11 is 3.08. The zero-order valence-electron chi connectivity index (χ0n) is 8.35. The molecule has 0 amide bonds. The smallest absolute Gasteiger partial charge is 0.317 e. The van der Waals surface area contributed by atoms with Crippen molar-refractivity contribution in [1.82, 2.24) is 0 Å². The standard InChI is InChI=1S/C9H9BrO2.C2H3N/c10-8(9(11)12)6-7-4-2-1-3-5-7;1-2-3/h1-5,8H,6H2,(H,11,12);1H3. The quantitative estimate of drug-likeness (QED) is 0.859. The minimum absolute atomic E-state index is 0.486. The molecule has 15 heavy (non-hydrogen) atoms. The van der Waals surface area contributed by atoms with Crippen LogP contribution in [0.1, 0.15) is 12.5 Å². The molecule has 1 N–H and O–H groups in total. The summed E-state index contributed by atoms with van der Waals surface area (Å²) in [6, 6.07) is 11.3. The summed E-state index contributed by atoms with van der Waals surface area (Å²) in [7, 11) is 0. The van der Waals surface area contributed by atoms with E-state index < -0.39 is 10.8 Å². The second-order valence-corrected chi connectivity index (χ2v) is 3.82. The Hall–Kier alpha value is -1.34. The highest BCUT2D eigenvalue weighted by Crippen LogP contribution is 2.09. The van der Waals surface area contributed by atoms with Gasteiger partial charge in [-0.3, -0.25) is 4.79 Å². The fourth-order valence-corrected chi connectivity index (χ4v) is 1.28. The van der Waals surface area contributed by atoms with E-state index in [1.165, 1.54) is 6.92 Å². The van der Waals surface area contributed by atoms with Gasteiger partial charge in [-0.05, 0) is 12.0 Å². The lowest BCUT2D eigenvalue weighted by Gasteiger charge is -2.03. The van der Waals surface area contributed by atoms with Gasteiger partial charge < -0.3 is 5.11 Å². The van der Waals surface area contributed by atoms with Crippen LogP contribution in [0.4, 0.5) is 0 Å². The summed E-state index contributed by atoms with van der Waals surface area (Å²) in [6.45, 7) is 1.43. The van der Waals surface area contributed by atoms with E-state index in [0.717, 1.165) is 5.56 Å². The summed E-state index contributed by atoms with van der Waals surface area (Å²) in [4.78, 5) is 9.97. The van der Waals surface area contributed by atoms with Crippen molar-refractivity contribution >= 4 is 21.9 Å². The number of hydrogen-bond donors (Lipinski definition) is 1. The van der Waals surface area contributed by atoms with Crippen molar-refractivity contribution < 1.29 is 9.90 Å². The molecular weight excluding hydrogens is 258 g/mol. The lowest BCUT2D eigenvalue weighted by atomic mass is 10.1. The van der Waals surface area contributed by atoms with Gasteiger partial charge >= 0.3 is 5.97 Å². The third-order valence-electron chi connectivity index (χ3n) is 1.53. The Labute approximate surface area is 97.5 Å². The predicted octanol–water partition coefficient (Wildman–Crippen LogP) is 2.61. The van der Waals surface area contributed by atoms with Gasteiger partial charge in [0.05, 0.1) is 6.07 Å². The number of carbonyl (C=O) groups is 1. The van der Waals surface area contributed by atoms with Crippen molar-refractivity contribution in [3.63, 3.8) is 0 Å². The largest absolute Gasteiger partial charge is 0.480 e. The molecule has 0 bridgehead atoms. The molecule has 1 atom stereocenters. The van der Waals surface area contributed by atoms with Crippen LogP contribution < -0.4 is 0 Å². The second-order valence-electron chi connectivity index (χ2n) is 2.72. The average Bonchev–Trinajstić information content (AvgIpc) is 2.20. The van der Waals surface area contributed by atoms with Gasteiger partial charge in [0.1, 0.15) is 4.83 Å². The molecule has 1 aromatic carbocycles. The maximum absolute atomic E-state index is 10.5. The van der Waals surface area contributed by atoms with Crippen molar-refractivity contribution in [2.24, 2.45) is 0 Å². The Morgan fingerprint density at radius 2 is 2.00 bits per heavy atom. The van der Waals surface area contributed by atoms with Gasteiger partial charge in [0.25, 0.3) is 0 Å². The van der Waals surface area contributed by atoms with Gasteiger partial charge in [-0.2, -0.15) is 5.26 Å². The summed E-state index contributed by atoms with van der Waals surface area (Å²) in [5, 5.41) is 15.9. The lowest BCUT2D eigenvalue weighted by molar-refractivity contribution is -0.136. The molecule has 3 nitrogen and oxygen atoms in total. The number of carboxylic acids is 1. The number of hydrogen-bond acceptors (Lipinski definition) is 2. The normalized spacial score (nSPS) is 10.5. The fourth-order valence-electron chi connectivity index (χ4n) is 0.908. The molecule has 0 spiro atoms. The lowest BCUT2D eigenvalue weighted by Crippen LogP contribution is -2.15. The highest BCUT2D eigenvalue weighted by molar-refractivity contribution is 9.10. The molecule has 0 radical (unpaired) electrons. The molecule has 80 valence electrons. The number of nitrogens with zero attached hydrogens (tertiary/aromatic N) is 1. The topological polar surface area (TPSA) is 61.1 Å². The van der Waals surface area contributed by atoms with Crippen molar-refractivity contribution in [2.75, 3.05) is 0 Å². The number of benzene rings is 1. The van der Waals surface area contributed by atoms with E-state index in [1.54, 1.807) is 6.07 Å². The van der Waals surface area contributed by atoms with Crippen LogP contribution in [-0.2, 0) is 11.2 Å². The van der Waals surface area contributed by atoms with Gasteiger partial charge in [-0.1, -0.05) is 46.3 Å². The molecular formula is C11H12BrNO2. The van der Waals surface area contributed by atoms with Crippen molar-refractivity contribution in [2.45, 2.75) is 18.2 Å². The third kappa shape index (κ3) is 6.69. The molecule has 0 aliphatic rings. The van der Waals surface area contributed by atoms with Crippen LogP contribution in [0, 0.1) is 11.3 Å². The second kappa shape index (κ2) is 8.01. The van der Waals surface area contributed by atoms with Crippen LogP contribution >= 0.6 is 15.9 Å². The first kappa shape index (κ1) is 13.7. The number of aliphatic carboxylic acids is 1. The van der Waals surface area contributed by atoms with Crippen LogP contribution in [-0.4, -0.2) is 15.9 Å². The molecule has 1 unspecified atom stereocenters. The van der Waals surface area contributed by atoms with E-state index in [-0.39, 0.29) is 0 Å². The minimum Gasteiger partial charge on any atom is -0.480 e. The Bertz CT molecular complexity index is 332. The van der Waals surface area contributed by atoms with Gasteiger partial charge in [-0.15, -0.1) is 0 Å². The summed E-state index contributed by atoms with van der Waals surface area (Å²) in [5.74, 6) is -0.821. The first-order valence-electron chi connectivity index (χ1n) is 4.33. The van der Waals surface area contributed by atoms with E-state index in [2.05, 4.69) is 15.9 Å². The Morgan fingerprint density at radius 3 is 2.40 bits per heavy atom. The van der Waals surface area contributed by atoms with Crippen LogP contribution in [0.15, 0.2) is 30.3 Å². The molecule has 0 fully saturated rings. The van der Waals surface area contributed by atoms with Crippen LogP contribution in [0.3, 0.4) is 0 Å². The third-order valence-corrected chi connectivity index (χ3v) is 2.24. The molecule has 0 saturated carbocycles. The molecule has 1 aromatic rings. The first-order valence-corrected chi connectivity index (χ1v) is 5.25. The number of halogens is 1. The van der Waals surface area contributed by atoms with E-state index in [1.807, 2.05) is 30.3 Å². The zero-order chi connectivity index (χ0) is 11.7. The van der Waals surface area contributed by atoms with E-state index in [0.29, 0.717) is 6.42 Å². The number of alkyl halides is 1. The van der Waals surface area contributed by atoms with Gasteiger partial charge in [0.15, 0.2) is 0 Å². The Kier molecular flexibility index (Phi) is 7.29. The zero-order valence-corrected chi connectivity index (χ0v) is 9.94. The minimum atomic E-state index is -0.821. The average molecular weight is 270 g/mol. The maximum atomic E-state index is 10.5. The fraction of sp³-hybridized carbons (Fsp3) is 0.273. The molecule has 1 rings (SSSR count). The van der Waals surface area contributed by atoms with E-state index in [9.17, 15) is 4.79 Å². The highest BCUT2D eigenvalue weighted by Gasteiger charge is 2.12. The maximum Gasteiger partial charge on any atom is 0.317 e. The first-order chi connectivity index (χ1) is 7.11. The van der Waals surface area contributed by atoms with Crippen molar-refractivity contribution in [3.8, 4) is 6.07 Å². The summed E-state index contributed by atoms with van der Waals surface area (Å²) in [5.41, 5.74) is 1.03. The van der Waals surface area contributed by atoms with Crippen LogP contribution in [0.2, 0.25) is 0 Å². The summed E-state index contributed by atoms with van der Waals surface area (Å²) in [6.07, 6.45) is 0.524. The molecule has 0 saturated heterocycles. The Balaban J connectivity index is 0.000000583. The van der Waals surface area contributed by atoms with Crippen LogP contribution in [0.5, 0.6) is 0 Å². The van der Waals surface area contributed by atoms with Crippen LogP contribution in [0.25, 0.3) is 0 Å². The van der Waals surface area contributed by atoms with Gasteiger partial charge in [0, 0.05) is 6.92 Å². The summed E-state index contributed by atoms with van der Waals surface area (Å²) < 4.78 is 0. The van der Waals surface area contributed by atoms with E-state index in [4.69, 9.17) is 10.4 Å². The van der Waals surface area contributed by atoms with Crippen molar-refractivity contribution in [3.05, 3.63) is 35.9 Å². The molecule has 0 aromatic heterocycles. The van der Waals surface area contributed by atoms with Gasteiger partial charge in [0.2, 0.25) is 0 Å². The number of rotatable bonds is 3. The van der Waals surface area contributed by atoms with Crippen molar-refractivity contribution in [1.29, 1.82) is 5.26 Å². The molecule has 4 heteroatoms. The number of nitriles is 1. The van der Waals surface area contributed by atoms with Gasteiger partial charge in [-0.25, -0.2) is 0 Å². The molecule has 0 aliphatic heterocycles. The SMILES string of the molecule is CC#N.O=C(O)C(Br)Cc1ccccc1. The molecule has 0 aliphatic carbocycles. The number of carboxylic acid groups (broad SMARTS) is 1. The molecule has 0 heterocycles. The highest BCUT2D eigenvalue weighted by atomic mass is 79.9. The Morgan fingerprint density at radius 1 is 1.53 bits per heavy atom.